The topological polar surface area (TPSA) is 33.1 Å². The molecular formula is C14H15NO. The van der Waals surface area contributed by atoms with Crippen molar-refractivity contribution in [2.24, 2.45) is 0 Å². The van der Waals surface area contributed by atoms with Crippen molar-refractivity contribution in [3.05, 3.63) is 67.0 Å². The summed E-state index contributed by atoms with van der Waals surface area (Å²) in [5, 5.41) is 7.47. The molecule has 1 aromatic carbocycles. The highest BCUT2D eigenvalue weighted by atomic mass is 16.5. The van der Waals surface area contributed by atoms with Crippen LogP contribution in [0.25, 0.3) is 0 Å². The van der Waals surface area contributed by atoms with Crippen LogP contribution in [0.5, 0.6) is 5.75 Å². The molecule has 0 bridgehead atoms. The predicted octanol–water partition coefficient (Wildman–Crippen LogP) is 3.71. The van der Waals surface area contributed by atoms with Gasteiger partial charge in [-0.1, -0.05) is 19.2 Å². The molecular weight excluding hydrogens is 198 g/mol. The molecule has 16 heavy (non-hydrogen) atoms. The molecule has 2 nitrogen and oxygen atoms in total. The van der Waals surface area contributed by atoms with Crippen molar-refractivity contribution < 1.29 is 4.74 Å². The fourth-order valence-corrected chi connectivity index (χ4v) is 1.17. The molecule has 1 aromatic rings. The van der Waals surface area contributed by atoms with E-state index in [2.05, 4.69) is 13.2 Å². The molecule has 0 spiro atoms. The van der Waals surface area contributed by atoms with Crippen molar-refractivity contribution in [2.75, 3.05) is 0 Å². The fourth-order valence-electron chi connectivity index (χ4n) is 1.17. The number of hydrogen-bond donors (Lipinski definition) is 1. The molecule has 0 radical (unpaired) electrons. The minimum Gasteiger partial charge on any atom is -0.457 e. The third-order valence-electron chi connectivity index (χ3n) is 2.01. The van der Waals surface area contributed by atoms with Crippen molar-refractivity contribution in [3.8, 4) is 5.75 Å². The lowest BCUT2D eigenvalue weighted by molar-refractivity contribution is 0.445. The van der Waals surface area contributed by atoms with Gasteiger partial charge in [0.05, 0.1) is 0 Å². The number of hydrogen-bond acceptors (Lipinski definition) is 2. The summed E-state index contributed by atoms with van der Waals surface area (Å²) in [7, 11) is 0. The van der Waals surface area contributed by atoms with Crippen LogP contribution in [0.3, 0.4) is 0 Å². The Morgan fingerprint density at radius 2 is 1.88 bits per heavy atom. The smallest absolute Gasteiger partial charge is 0.127 e. The predicted molar refractivity (Wildman–Crippen MR) is 68.0 cm³/mol. The lowest BCUT2D eigenvalue weighted by atomic mass is 10.1. The molecule has 2 heteroatoms. The highest BCUT2D eigenvalue weighted by Crippen LogP contribution is 2.15. The molecule has 0 saturated carbocycles. The van der Waals surface area contributed by atoms with Gasteiger partial charge in [-0.2, -0.15) is 0 Å². The molecule has 0 amide bonds. The van der Waals surface area contributed by atoms with E-state index in [1.165, 1.54) is 0 Å². The summed E-state index contributed by atoms with van der Waals surface area (Å²) < 4.78 is 5.54. The van der Waals surface area contributed by atoms with E-state index in [0.717, 1.165) is 11.3 Å². The van der Waals surface area contributed by atoms with Crippen LogP contribution < -0.4 is 4.74 Å². The second kappa shape index (κ2) is 5.71. The first-order valence-electron chi connectivity index (χ1n) is 4.96. The van der Waals surface area contributed by atoms with E-state index in [1.54, 1.807) is 25.2 Å². The molecule has 0 unspecified atom stereocenters. The SMILES string of the molecule is C=C/C=C(\C=C)Oc1ccc(C(C)=N)cc1. The zero-order valence-corrected chi connectivity index (χ0v) is 9.36. The number of allylic oxidation sites excluding steroid dienone is 3. The van der Waals surface area contributed by atoms with Gasteiger partial charge in [0.2, 0.25) is 0 Å². The summed E-state index contributed by atoms with van der Waals surface area (Å²) in [6.07, 6.45) is 5.01. The Balaban J connectivity index is 2.82. The molecule has 0 aromatic heterocycles. The molecule has 0 aliphatic carbocycles. The van der Waals surface area contributed by atoms with E-state index in [9.17, 15) is 0 Å². The van der Waals surface area contributed by atoms with Gasteiger partial charge in [0, 0.05) is 5.71 Å². The number of nitrogens with one attached hydrogen (secondary N) is 1. The first-order valence-corrected chi connectivity index (χ1v) is 4.96. The van der Waals surface area contributed by atoms with Crippen LogP contribution in [-0.4, -0.2) is 5.71 Å². The molecule has 0 saturated heterocycles. The first kappa shape index (κ1) is 12.0. The molecule has 0 heterocycles. The second-order valence-corrected chi connectivity index (χ2v) is 3.26. The standard InChI is InChI=1S/C14H15NO/c1-4-6-13(5-2)16-14-9-7-12(8-10-14)11(3)15/h4-10,15H,1-2H2,3H3/b13-6+,15-11?. The molecule has 0 aliphatic heterocycles. The Hall–Kier alpha value is -2.09. The second-order valence-electron chi connectivity index (χ2n) is 3.26. The molecule has 0 fully saturated rings. The van der Waals surface area contributed by atoms with Gasteiger partial charge >= 0.3 is 0 Å². The lowest BCUT2D eigenvalue weighted by Gasteiger charge is -2.06. The van der Waals surface area contributed by atoms with Crippen LogP contribution in [0.2, 0.25) is 0 Å². The third-order valence-corrected chi connectivity index (χ3v) is 2.01. The van der Waals surface area contributed by atoms with Gasteiger partial charge in [-0.25, -0.2) is 0 Å². The normalized spacial score (nSPS) is 10.7. The Morgan fingerprint density at radius 1 is 1.25 bits per heavy atom. The fraction of sp³-hybridized carbons (Fsp3) is 0.0714. The minimum absolute atomic E-state index is 0.539. The summed E-state index contributed by atoms with van der Waals surface area (Å²) in [5.74, 6) is 1.37. The maximum absolute atomic E-state index is 7.47. The molecule has 0 aliphatic rings. The number of rotatable bonds is 5. The molecule has 1 N–H and O–H groups in total. The Bertz CT molecular complexity index is 427. The van der Waals surface area contributed by atoms with Crippen molar-refractivity contribution in [1.82, 2.24) is 0 Å². The molecule has 1 rings (SSSR count). The maximum atomic E-state index is 7.47. The summed E-state index contributed by atoms with van der Waals surface area (Å²) in [6, 6.07) is 7.36. The van der Waals surface area contributed by atoms with Crippen LogP contribution >= 0.6 is 0 Å². The van der Waals surface area contributed by atoms with Gasteiger partial charge in [0.1, 0.15) is 11.5 Å². The van der Waals surface area contributed by atoms with E-state index in [0.29, 0.717) is 11.5 Å². The maximum Gasteiger partial charge on any atom is 0.127 e. The van der Waals surface area contributed by atoms with Gasteiger partial charge in [0.15, 0.2) is 0 Å². The quantitative estimate of drug-likeness (QED) is 0.451. The van der Waals surface area contributed by atoms with Crippen LogP contribution in [0.4, 0.5) is 0 Å². The van der Waals surface area contributed by atoms with E-state index in [1.807, 2.05) is 24.3 Å². The van der Waals surface area contributed by atoms with Gasteiger partial charge in [-0.3, -0.25) is 0 Å². The van der Waals surface area contributed by atoms with E-state index in [4.69, 9.17) is 10.1 Å². The Kier molecular flexibility index (Phi) is 4.28. The van der Waals surface area contributed by atoms with Gasteiger partial charge in [0.25, 0.3) is 0 Å². The number of ether oxygens (including phenoxy) is 1. The summed E-state index contributed by atoms with van der Waals surface area (Å²) in [4.78, 5) is 0. The largest absolute Gasteiger partial charge is 0.457 e. The van der Waals surface area contributed by atoms with Crippen LogP contribution in [0, 0.1) is 5.41 Å². The van der Waals surface area contributed by atoms with Crippen molar-refractivity contribution in [2.45, 2.75) is 6.92 Å². The van der Waals surface area contributed by atoms with Crippen molar-refractivity contribution in [3.63, 3.8) is 0 Å². The minimum atomic E-state index is 0.539. The summed E-state index contributed by atoms with van der Waals surface area (Å²) >= 11 is 0. The van der Waals surface area contributed by atoms with E-state index in [-0.39, 0.29) is 0 Å². The van der Waals surface area contributed by atoms with Crippen molar-refractivity contribution >= 4 is 5.71 Å². The first-order chi connectivity index (χ1) is 7.67. The van der Waals surface area contributed by atoms with Crippen LogP contribution in [0.15, 0.2) is 61.4 Å². The zero-order chi connectivity index (χ0) is 12.0. The number of benzene rings is 1. The third kappa shape index (κ3) is 3.24. The van der Waals surface area contributed by atoms with Gasteiger partial charge in [-0.15, -0.1) is 0 Å². The summed E-state index contributed by atoms with van der Waals surface area (Å²) in [5.41, 5.74) is 1.43. The average Bonchev–Trinajstić information content (AvgIpc) is 2.29. The van der Waals surface area contributed by atoms with Crippen molar-refractivity contribution in [1.29, 1.82) is 5.41 Å². The van der Waals surface area contributed by atoms with E-state index >= 15 is 0 Å². The van der Waals surface area contributed by atoms with E-state index < -0.39 is 0 Å². The van der Waals surface area contributed by atoms with Gasteiger partial charge < -0.3 is 10.1 Å². The highest BCUT2D eigenvalue weighted by molar-refractivity contribution is 5.96. The monoisotopic (exact) mass is 213 g/mol. The highest BCUT2D eigenvalue weighted by Gasteiger charge is 1.98. The average molecular weight is 213 g/mol. The zero-order valence-electron chi connectivity index (χ0n) is 9.36. The Morgan fingerprint density at radius 3 is 2.31 bits per heavy atom. The van der Waals surface area contributed by atoms with Crippen LogP contribution in [0.1, 0.15) is 12.5 Å². The molecule has 82 valence electrons. The Labute approximate surface area is 96.1 Å². The van der Waals surface area contributed by atoms with Crippen LogP contribution in [-0.2, 0) is 0 Å². The lowest BCUT2D eigenvalue weighted by Crippen LogP contribution is -1.94. The molecule has 0 atom stereocenters. The van der Waals surface area contributed by atoms with Gasteiger partial charge in [-0.05, 0) is 48.9 Å². The summed E-state index contributed by atoms with van der Waals surface area (Å²) in [6.45, 7) is 8.99.